The van der Waals surface area contributed by atoms with Gasteiger partial charge in [0.25, 0.3) is 11.8 Å². The Hall–Kier alpha value is -3.48. The summed E-state index contributed by atoms with van der Waals surface area (Å²) >= 11 is 0. The molecule has 0 radical (unpaired) electrons. The van der Waals surface area contributed by atoms with Crippen LogP contribution in [-0.4, -0.2) is 28.7 Å². The molecule has 0 bridgehead atoms. The quantitative estimate of drug-likeness (QED) is 0.681. The second-order valence-electron chi connectivity index (χ2n) is 5.83. The molecule has 6 nitrogen and oxygen atoms in total. The van der Waals surface area contributed by atoms with Crippen LogP contribution in [0.1, 0.15) is 20.7 Å². The Morgan fingerprint density at radius 2 is 1.54 bits per heavy atom. The second-order valence-corrected chi connectivity index (χ2v) is 5.83. The van der Waals surface area contributed by atoms with Crippen LogP contribution < -0.4 is 9.64 Å². The van der Waals surface area contributed by atoms with Crippen LogP contribution in [0, 0.1) is 5.82 Å². The number of hydrogen-bond donors (Lipinski definition) is 0. The number of ether oxygens (including phenoxy) is 1. The average Bonchev–Trinajstić information content (AvgIpc) is 3.10. The first-order valence-corrected chi connectivity index (χ1v) is 7.87. The highest BCUT2D eigenvalue weighted by Crippen LogP contribution is 2.40. The van der Waals surface area contributed by atoms with Gasteiger partial charge in [-0.25, -0.2) is 14.0 Å². The summed E-state index contributed by atoms with van der Waals surface area (Å²) in [5.74, 6) is -0.731. The Morgan fingerprint density at radius 3 is 2.08 bits per heavy atom. The molecule has 2 amide bonds. The number of fused-ring (bicyclic) bond motifs is 1. The first-order valence-electron chi connectivity index (χ1n) is 7.87. The number of hydrogen-bond acceptors (Lipinski definition) is 4. The van der Waals surface area contributed by atoms with Crippen molar-refractivity contribution in [3.8, 4) is 17.0 Å². The minimum atomic E-state index is -0.433. The zero-order valence-electron chi connectivity index (χ0n) is 14.1. The van der Waals surface area contributed by atoms with Crippen molar-refractivity contribution in [2.75, 3.05) is 12.0 Å². The highest BCUT2D eigenvalue weighted by molar-refractivity contribution is 6.34. The van der Waals surface area contributed by atoms with Gasteiger partial charge in [-0.3, -0.25) is 9.59 Å². The van der Waals surface area contributed by atoms with E-state index in [1.54, 1.807) is 43.4 Å². The molecule has 0 aliphatic carbocycles. The third kappa shape index (κ3) is 2.21. The smallest absolute Gasteiger partial charge is 0.267 e. The van der Waals surface area contributed by atoms with Gasteiger partial charge in [-0.2, -0.15) is 5.10 Å². The Labute approximate surface area is 148 Å². The first kappa shape index (κ1) is 16.0. The van der Waals surface area contributed by atoms with E-state index in [0.717, 1.165) is 4.90 Å². The van der Waals surface area contributed by atoms with E-state index in [-0.39, 0.29) is 17.4 Å². The molecule has 26 heavy (non-hydrogen) atoms. The molecule has 2 aromatic carbocycles. The van der Waals surface area contributed by atoms with E-state index in [9.17, 15) is 14.0 Å². The van der Waals surface area contributed by atoms with Gasteiger partial charge in [-0.05, 0) is 36.4 Å². The molecule has 0 saturated carbocycles. The van der Waals surface area contributed by atoms with Crippen LogP contribution in [0.4, 0.5) is 10.2 Å². The summed E-state index contributed by atoms with van der Waals surface area (Å²) in [5.41, 5.74) is 1.71. The van der Waals surface area contributed by atoms with Crippen LogP contribution in [0.15, 0.2) is 48.5 Å². The number of carbonyl (C=O) groups excluding carboxylic acids is 2. The number of carbonyl (C=O) groups is 2. The number of benzene rings is 2. The van der Waals surface area contributed by atoms with Crippen LogP contribution >= 0.6 is 0 Å². The lowest BCUT2D eigenvalue weighted by Gasteiger charge is -2.15. The maximum absolute atomic E-state index is 13.2. The Morgan fingerprint density at radius 1 is 0.962 bits per heavy atom. The van der Waals surface area contributed by atoms with E-state index in [2.05, 4.69) is 5.10 Å². The van der Waals surface area contributed by atoms with E-state index in [1.165, 1.54) is 23.9 Å². The van der Waals surface area contributed by atoms with Gasteiger partial charge in [-0.1, -0.05) is 12.1 Å². The average molecular weight is 351 g/mol. The van der Waals surface area contributed by atoms with E-state index < -0.39 is 11.8 Å². The van der Waals surface area contributed by atoms with Gasteiger partial charge in [0.2, 0.25) is 0 Å². The molecule has 0 N–H and O–H groups in total. The predicted molar refractivity (Wildman–Crippen MR) is 92.7 cm³/mol. The zero-order valence-corrected chi connectivity index (χ0v) is 14.1. The predicted octanol–water partition coefficient (Wildman–Crippen LogP) is 3.04. The number of nitrogens with zero attached hydrogens (tertiary/aromatic N) is 3. The number of halogens is 1. The second kappa shape index (κ2) is 5.80. The number of anilines is 1. The molecule has 1 aromatic heterocycles. The van der Waals surface area contributed by atoms with Crippen molar-refractivity contribution in [2.45, 2.75) is 0 Å². The van der Waals surface area contributed by atoms with Gasteiger partial charge >= 0.3 is 0 Å². The van der Waals surface area contributed by atoms with Crippen LogP contribution in [0.2, 0.25) is 0 Å². The van der Waals surface area contributed by atoms with E-state index >= 15 is 0 Å². The fraction of sp³-hybridized carbons (Fsp3) is 0.105. The van der Waals surface area contributed by atoms with Crippen LogP contribution in [0.3, 0.4) is 0 Å². The van der Waals surface area contributed by atoms with Gasteiger partial charge in [0.15, 0.2) is 11.6 Å². The number of amides is 2. The lowest BCUT2D eigenvalue weighted by molar-refractivity contribution is 0.0922. The maximum atomic E-state index is 13.2. The van der Waals surface area contributed by atoms with E-state index in [4.69, 9.17) is 4.74 Å². The largest absolute Gasteiger partial charge is 0.491 e. The van der Waals surface area contributed by atoms with Crippen molar-refractivity contribution in [3.63, 3.8) is 0 Å². The molecular weight excluding hydrogens is 337 g/mol. The molecule has 1 aliphatic heterocycles. The Bertz CT molecular complexity index is 1010. The highest BCUT2D eigenvalue weighted by Gasteiger charge is 2.40. The monoisotopic (exact) mass is 351 g/mol. The minimum Gasteiger partial charge on any atom is -0.491 e. The van der Waals surface area contributed by atoms with Gasteiger partial charge in [0.1, 0.15) is 11.5 Å². The van der Waals surface area contributed by atoms with Crippen molar-refractivity contribution in [2.24, 2.45) is 7.05 Å². The van der Waals surface area contributed by atoms with Gasteiger partial charge in [0.05, 0.1) is 18.2 Å². The third-order valence-electron chi connectivity index (χ3n) is 4.30. The molecule has 4 rings (SSSR count). The lowest BCUT2D eigenvalue weighted by Crippen LogP contribution is -2.31. The molecule has 0 unspecified atom stereocenters. The molecule has 0 atom stereocenters. The fourth-order valence-corrected chi connectivity index (χ4v) is 3.11. The van der Waals surface area contributed by atoms with Crippen LogP contribution in [-0.2, 0) is 7.05 Å². The molecule has 130 valence electrons. The summed E-state index contributed by atoms with van der Waals surface area (Å²) in [6.45, 7) is 0. The van der Waals surface area contributed by atoms with Crippen LogP contribution in [0.25, 0.3) is 11.3 Å². The third-order valence-corrected chi connectivity index (χ3v) is 4.30. The number of imide groups is 1. The normalized spacial score (nSPS) is 13.3. The van der Waals surface area contributed by atoms with Gasteiger partial charge in [0, 0.05) is 12.6 Å². The summed E-state index contributed by atoms with van der Waals surface area (Å²) in [7, 11) is 3.06. The van der Waals surface area contributed by atoms with Crippen molar-refractivity contribution in [1.82, 2.24) is 9.78 Å². The summed E-state index contributed by atoms with van der Waals surface area (Å²) in [4.78, 5) is 26.6. The lowest BCUT2D eigenvalue weighted by atomic mass is 10.1. The number of aryl methyl sites for hydroxylation is 1. The summed E-state index contributed by atoms with van der Waals surface area (Å²) in [6, 6.07) is 12.4. The van der Waals surface area contributed by atoms with Crippen LogP contribution in [0.5, 0.6) is 5.75 Å². The zero-order chi connectivity index (χ0) is 18.4. The number of methoxy groups -OCH3 is 1. The number of rotatable bonds is 3. The van der Waals surface area contributed by atoms with Gasteiger partial charge < -0.3 is 4.74 Å². The topological polar surface area (TPSA) is 64.4 Å². The Kier molecular flexibility index (Phi) is 3.57. The van der Waals surface area contributed by atoms with E-state index in [1.807, 2.05) is 0 Å². The first-order chi connectivity index (χ1) is 12.5. The van der Waals surface area contributed by atoms with Crippen molar-refractivity contribution in [3.05, 3.63) is 65.5 Å². The molecule has 0 spiro atoms. The molecular formula is C19H14FN3O3. The fourth-order valence-electron chi connectivity index (χ4n) is 3.11. The molecule has 2 heterocycles. The van der Waals surface area contributed by atoms with Crippen molar-refractivity contribution in [1.29, 1.82) is 0 Å². The molecule has 1 aliphatic rings. The van der Waals surface area contributed by atoms with Crippen molar-refractivity contribution < 1.29 is 18.7 Å². The minimum absolute atomic E-state index is 0.234. The molecule has 0 saturated heterocycles. The summed E-state index contributed by atoms with van der Waals surface area (Å²) < 4.78 is 20.1. The molecule has 7 heteroatoms. The maximum Gasteiger partial charge on any atom is 0.267 e. The highest BCUT2D eigenvalue weighted by atomic mass is 19.1. The van der Waals surface area contributed by atoms with E-state index in [0.29, 0.717) is 22.4 Å². The van der Waals surface area contributed by atoms with Gasteiger partial charge in [-0.15, -0.1) is 0 Å². The summed E-state index contributed by atoms with van der Waals surface area (Å²) in [6.07, 6.45) is 0. The molecule has 3 aromatic rings. The SMILES string of the molecule is COc1c(-c2ccc(F)cc2)nn(C)c1N1C(=O)c2ccccc2C1=O. The van der Waals surface area contributed by atoms with Crippen molar-refractivity contribution >= 4 is 17.6 Å². The Balaban J connectivity index is 1.87. The number of aromatic nitrogens is 2. The summed E-state index contributed by atoms with van der Waals surface area (Å²) in [5, 5.41) is 4.38. The standard InChI is InChI=1S/C19H14FN3O3/c1-22-17(23-18(24)13-5-3-4-6-14(13)19(23)25)16(26-2)15(21-22)11-7-9-12(20)10-8-11/h3-10H,1-2H3. The molecule has 0 fully saturated rings.